The summed E-state index contributed by atoms with van der Waals surface area (Å²) >= 11 is 0. The minimum Gasteiger partial charge on any atom is -0.352 e. The molecule has 1 rings (SSSR count). The van der Waals surface area contributed by atoms with E-state index in [1.807, 2.05) is 39.8 Å². The molecular formula is C16H27N3O3S. The van der Waals surface area contributed by atoms with Crippen molar-refractivity contribution in [1.82, 2.24) is 9.62 Å². The summed E-state index contributed by atoms with van der Waals surface area (Å²) in [6.07, 6.45) is 0.787. The van der Waals surface area contributed by atoms with Crippen molar-refractivity contribution in [2.24, 2.45) is 0 Å². The van der Waals surface area contributed by atoms with Gasteiger partial charge in [-0.15, -0.1) is 0 Å². The summed E-state index contributed by atoms with van der Waals surface area (Å²) in [7, 11) is -0.846. The Balaban J connectivity index is 3.24. The zero-order chi connectivity index (χ0) is 17.8. The third-order valence-electron chi connectivity index (χ3n) is 3.68. The van der Waals surface area contributed by atoms with Crippen molar-refractivity contribution in [3.05, 3.63) is 29.3 Å². The van der Waals surface area contributed by atoms with E-state index in [4.69, 9.17) is 0 Å². The fourth-order valence-electron chi connectivity index (χ4n) is 2.03. The van der Waals surface area contributed by atoms with Crippen LogP contribution in [0.2, 0.25) is 0 Å². The van der Waals surface area contributed by atoms with Crippen molar-refractivity contribution in [1.29, 1.82) is 0 Å². The van der Waals surface area contributed by atoms with Crippen molar-refractivity contribution in [2.45, 2.75) is 40.2 Å². The van der Waals surface area contributed by atoms with Gasteiger partial charge in [-0.05, 0) is 44.4 Å². The van der Waals surface area contributed by atoms with Gasteiger partial charge in [0.05, 0.1) is 5.69 Å². The fourth-order valence-corrected chi connectivity index (χ4v) is 3.15. The predicted molar refractivity (Wildman–Crippen MR) is 93.8 cm³/mol. The van der Waals surface area contributed by atoms with Crippen LogP contribution < -0.4 is 9.62 Å². The number of carbonyl (C=O) groups is 1. The number of benzene rings is 1. The van der Waals surface area contributed by atoms with E-state index in [1.54, 1.807) is 6.07 Å². The lowest BCUT2D eigenvalue weighted by Gasteiger charge is -2.29. The van der Waals surface area contributed by atoms with Crippen LogP contribution in [0.5, 0.6) is 0 Å². The van der Waals surface area contributed by atoms with Gasteiger partial charge < -0.3 is 5.32 Å². The number of amides is 1. The molecule has 0 heterocycles. The molecule has 6 nitrogen and oxygen atoms in total. The highest BCUT2D eigenvalue weighted by molar-refractivity contribution is 7.90. The van der Waals surface area contributed by atoms with Crippen molar-refractivity contribution in [2.75, 3.05) is 24.9 Å². The highest BCUT2D eigenvalue weighted by Gasteiger charge is 2.28. The van der Waals surface area contributed by atoms with Crippen LogP contribution in [-0.4, -0.2) is 45.3 Å². The minimum atomic E-state index is -3.76. The van der Waals surface area contributed by atoms with Crippen molar-refractivity contribution < 1.29 is 13.2 Å². The van der Waals surface area contributed by atoms with Crippen molar-refractivity contribution in [3.63, 3.8) is 0 Å². The molecule has 1 N–H and O–H groups in total. The molecule has 0 bridgehead atoms. The number of carbonyl (C=O) groups excluding carboxylic acids is 1. The summed E-state index contributed by atoms with van der Waals surface area (Å²) in [5, 5.41) is 2.81. The Kier molecular flexibility index (Phi) is 6.58. The first-order chi connectivity index (χ1) is 10.6. The Morgan fingerprint density at radius 3 is 2.39 bits per heavy atom. The highest BCUT2D eigenvalue weighted by atomic mass is 32.2. The van der Waals surface area contributed by atoms with Gasteiger partial charge in [0.25, 0.3) is 0 Å². The van der Waals surface area contributed by atoms with E-state index in [1.165, 1.54) is 14.1 Å². The van der Waals surface area contributed by atoms with Gasteiger partial charge in [0.15, 0.2) is 0 Å². The molecule has 1 atom stereocenters. The van der Waals surface area contributed by atoms with Gasteiger partial charge in [0.2, 0.25) is 5.91 Å². The van der Waals surface area contributed by atoms with E-state index in [2.05, 4.69) is 5.32 Å². The van der Waals surface area contributed by atoms with Crippen LogP contribution >= 0.6 is 0 Å². The zero-order valence-electron chi connectivity index (χ0n) is 14.8. The van der Waals surface area contributed by atoms with Gasteiger partial charge in [0, 0.05) is 20.1 Å². The molecule has 0 radical (unpaired) electrons. The van der Waals surface area contributed by atoms with E-state index in [0.717, 1.165) is 26.2 Å². The molecule has 1 amide bonds. The van der Waals surface area contributed by atoms with Crippen molar-refractivity contribution in [3.8, 4) is 0 Å². The number of hydrogen-bond acceptors (Lipinski definition) is 3. The largest absolute Gasteiger partial charge is 0.352 e. The number of rotatable bonds is 7. The van der Waals surface area contributed by atoms with Gasteiger partial charge >= 0.3 is 10.2 Å². The first-order valence-corrected chi connectivity index (χ1v) is 9.06. The molecule has 0 aliphatic carbocycles. The lowest BCUT2D eigenvalue weighted by atomic mass is 10.1. The number of anilines is 1. The predicted octanol–water partition coefficient (Wildman–Crippen LogP) is 1.83. The Morgan fingerprint density at radius 2 is 1.87 bits per heavy atom. The van der Waals surface area contributed by atoms with Gasteiger partial charge in [-0.3, -0.25) is 4.79 Å². The molecule has 0 aliphatic rings. The van der Waals surface area contributed by atoms with Crippen LogP contribution in [-0.2, 0) is 15.0 Å². The Morgan fingerprint density at radius 1 is 1.26 bits per heavy atom. The van der Waals surface area contributed by atoms with Crippen LogP contribution in [0.3, 0.4) is 0 Å². The second kappa shape index (κ2) is 7.79. The topological polar surface area (TPSA) is 69.7 Å². The van der Waals surface area contributed by atoms with E-state index in [-0.39, 0.29) is 18.5 Å². The van der Waals surface area contributed by atoms with Gasteiger partial charge in [-0.2, -0.15) is 12.7 Å². The Labute approximate surface area is 139 Å². The molecule has 7 heteroatoms. The standard InChI is InChI=1S/C16H27N3O3S/c1-7-14(4)17-16(20)11-19(23(21,22)18(5)6)15-10-12(2)8-9-13(15)3/h8-10,14H,7,11H2,1-6H3,(H,17,20)/t14-/m0/s1. The van der Waals surface area contributed by atoms with Crippen LogP contribution in [0.1, 0.15) is 31.4 Å². The molecule has 1 aromatic rings. The fraction of sp³-hybridized carbons (Fsp3) is 0.562. The third-order valence-corrected chi connectivity index (χ3v) is 5.49. The maximum absolute atomic E-state index is 12.7. The molecule has 23 heavy (non-hydrogen) atoms. The molecular weight excluding hydrogens is 314 g/mol. The van der Waals surface area contributed by atoms with Crippen LogP contribution in [0, 0.1) is 13.8 Å². The van der Waals surface area contributed by atoms with E-state index < -0.39 is 10.2 Å². The summed E-state index contributed by atoms with van der Waals surface area (Å²) in [4.78, 5) is 12.2. The molecule has 130 valence electrons. The number of nitrogens with one attached hydrogen (secondary N) is 1. The van der Waals surface area contributed by atoms with E-state index in [9.17, 15) is 13.2 Å². The second-order valence-electron chi connectivity index (χ2n) is 5.96. The summed E-state index contributed by atoms with van der Waals surface area (Å²) < 4.78 is 27.6. The molecule has 0 saturated heterocycles. The number of nitrogens with zero attached hydrogens (tertiary/aromatic N) is 2. The van der Waals surface area contributed by atoms with E-state index in [0.29, 0.717) is 5.69 Å². The molecule has 0 fully saturated rings. The van der Waals surface area contributed by atoms with Crippen LogP contribution in [0.25, 0.3) is 0 Å². The van der Waals surface area contributed by atoms with E-state index >= 15 is 0 Å². The normalized spacial score (nSPS) is 13.0. The molecule has 0 aliphatic heterocycles. The lowest BCUT2D eigenvalue weighted by Crippen LogP contribution is -2.47. The van der Waals surface area contributed by atoms with Gasteiger partial charge in [-0.25, -0.2) is 4.31 Å². The average Bonchev–Trinajstić information content (AvgIpc) is 2.47. The Bertz CT molecular complexity index is 657. The van der Waals surface area contributed by atoms with Crippen molar-refractivity contribution >= 4 is 21.8 Å². The maximum Gasteiger partial charge on any atom is 0.304 e. The minimum absolute atomic E-state index is 0.00465. The average molecular weight is 341 g/mol. The quantitative estimate of drug-likeness (QED) is 0.822. The summed E-state index contributed by atoms with van der Waals surface area (Å²) in [5.41, 5.74) is 2.27. The number of aryl methyl sites for hydroxylation is 2. The van der Waals surface area contributed by atoms with Gasteiger partial charge in [-0.1, -0.05) is 19.1 Å². The SMILES string of the molecule is CC[C@H](C)NC(=O)CN(c1cc(C)ccc1C)S(=O)(=O)N(C)C. The third kappa shape index (κ3) is 4.94. The molecule has 0 saturated carbocycles. The van der Waals surface area contributed by atoms with Gasteiger partial charge in [0.1, 0.15) is 6.54 Å². The first-order valence-electron chi connectivity index (χ1n) is 7.66. The zero-order valence-corrected chi connectivity index (χ0v) is 15.6. The monoisotopic (exact) mass is 341 g/mol. The summed E-state index contributed by atoms with van der Waals surface area (Å²) in [6.45, 7) is 7.34. The first kappa shape index (κ1) is 19.4. The summed E-state index contributed by atoms with van der Waals surface area (Å²) in [6, 6.07) is 5.56. The molecule has 0 aromatic heterocycles. The molecule has 0 unspecified atom stereocenters. The highest BCUT2D eigenvalue weighted by Crippen LogP contribution is 2.25. The van der Waals surface area contributed by atoms with Crippen LogP contribution in [0.15, 0.2) is 18.2 Å². The smallest absolute Gasteiger partial charge is 0.304 e. The second-order valence-corrected chi connectivity index (χ2v) is 8.03. The lowest BCUT2D eigenvalue weighted by molar-refractivity contribution is -0.120. The molecule has 1 aromatic carbocycles. The Hall–Kier alpha value is -1.60. The maximum atomic E-state index is 12.7. The summed E-state index contributed by atoms with van der Waals surface area (Å²) in [5.74, 6) is -0.314. The molecule has 0 spiro atoms. The number of hydrogen-bond donors (Lipinski definition) is 1. The van der Waals surface area contributed by atoms with Crippen LogP contribution in [0.4, 0.5) is 5.69 Å².